The molecule has 0 saturated heterocycles. The highest BCUT2D eigenvalue weighted by Crippen LogP contribution is 2.46. The maximum atomic E-state index is 13.6. The number of phenols is 2. The van der Waals surface area contributed by atoms with Gasteiger partial charge in [-0.15, -0.1) is 0 Å². The molecule has 0 aliphatic rings. The van der Waals surface area contributed by atoms with Gasteiger partial charge in [-0.2, -0.15) is 0 Å². The SMILES string of the molecule is COc1cc(-c2c3c4cc(OC)c(O)cc4oc(=O)c3n3ccc4cc(OC(=O)[C@H](C)NCl)c(OC)cc4c23)ccc1O. The molecule has 0 aliphatic heterocycles. The number of ether oxygens (including phenoxy) is 4. The molecule has 0 fully saturated rings. The van der Waals surface area contributed by atoms with Crippen LogP contribution in [0.2, 0.25) is 0 Å². The van der Waals surface area contributed by atoms with Crippen LogP contribution in [-0.2, 0) is 4.79 Å². The van der Waals surface area contributed by atoms with Crippen LogP contribution >= 0.6 is 11.8 Å². The molecule has 0 saturated carbocycles. The molecule has 0 amide bonds. The molecule has 0 bridgehead atoms. The lowest BCUT2D eigenvalue weighted by Crippen LogP contribution is -2.31. The Hall–Kier alpha value is -5.13. The van der Waals surface area contributed by atoms with Crippen LogP contribution in [0, 0.1) is 0 Å². The lowest BCUT2D eigenvalue weighted by atomic mass is 9.98. The molecule has 0 aliphatic carbocycles. The molecule has 3 N–H and O–H groups in total. The van der Waals surface area contributed by atoms with E-state index >= 15 is 0 Å². The van der Waals surface area contributed by atoms with E-state index in [-0.39, 0.29) is 45.6 Å². The van der Waals surface area contributed by atoms with Crippen molar-refractivity contribution in [2.45, 2.75) is 13.0 Å². The number of nitrogens with zero attached hydrogens (tertiary/aromatic N) is 1. The van der Waals surface area contributed by atoms with Crippen molar-refractivity contribution in [3.63, 3.8) is 0 Å². The minimum atomic E-state index is -0.777. The summed E-state index contributed by atoms with van der Waals surface area (Å²) in [6, 6.07) is 12.2. The predicted molar refractivity (Wildman–Crippen MR) is 161 cm³/mol. The van der Waals surface area contributed by atoms with Gasteiger partial charge in [-0.25, -0.2) is 14.4 Å². The highest BCUT2D eigenvalue weighted by molar-refractivity contribution is 6.22. The van der Waals surface area contributed by atoms with E-state index in [1.54, 1.807) is 53.9 Å². The van der Waals surface area contributed by atoms with Crippen molar-refractivity contribution in [1.82, 2.24) is 9.24 Å². The lowest BCUT2D eigenvalue weighted by molar-refractivity contribution is -0.135. The van der Waals surface area contributed by atoms with Crippen molar-refractivity contribution < 1.29 is 38.4 Å². The summed E-state index contributed by atoms with van der Waals surface area (Å²) in [4.78, 5) is 28.4. The Morgan fingerprint density at radius 2 is 1.58 bits per heavy atom. The molecule has 11 nitrogen and oxygen atoms in total. The average Bonchev–Trinajstić information content (AvgIpc) is 3.36. The third-order valence-electron chi connectivity index (χ3n) is 7.34. The van der Waals surface area contributed by atoms with E-state index in [1.807, 2.05) is 0 Å². The third-order valence-corrected chi connectivity index (χ3v) is 7.67. The molecule has 0 spiro atoms. The normalized spacial score (nSPS) is 12.2. The van der Waals surface area contributed by atoms with E-state index in [9.17, 15) is 19.8 Å². The van der Waals surface area contributed by atoms with E-state index in [2.05, 4.69) is 4.84 Å². The molecule has 6 rings (SSSR count). The fourth-order valence-corrected chi connectivity index (χ4v) is 5.36. The molecule has 220 valence electrons. The van der Waals surface area contributed by atoms with Crippen molar-refractivity contribution in [3.05, 3.63) is 65.1 Å². The third kappa shape index (κ3) is 4.41. The maximum Gasteiger partial charge on any atom is 0.361 e. The maximum absolute atomic E-state index is 13.6. The number of hydrogen-bond acceptors (Lipinski definition) is 10. The number of aromatic nitrogens is 1. The van der Waals surface area contributed by atoms with Crippen LogP contribution in [0.3, 0.4) is 0 Å². The summed E-state index contributed by atoms with van der Waals surface area (Å²) < 4.78 is 29.3. The van der Waals surface area contributed by atoms with Crippen molar-refractivity contribution in [1.29, 1.82) is 0 Å². The molecular weight excluding hydrogens is 580 g/mol. The van der Waals surface area contributed by atoms with Crippen molar-refractivity contribution >= 4 is 55.9 Å². The number of phenolic OH excluding ortho intramolecular Hbond substituents is 2. The van der Waals surface area contributed by atoms with Gasteiger partial charge in [-0.1, -0.05) is 6.07 Å². The van der Waals surface area contributed by atoms with E-state index in [1.165, 1.54) is 33.5 Å². The molecule has 43 heavy (non-hydrogen) atoms. The molecule has 12 heteroatoms. The number of benzene rings is 3. The number of rotatable bonds is 7. The number of hydrogen-bond donors (Lipinski definition) is 3. The van der Waals surface area contributed by atoms with Crippen molar-refractivity contribution in [3.8, 4) is 45.6 Å². The fraction of sp³-hybridized carbons (Fsp3) is 0.161. The van der Waals surface area contributed by atoms with Crippen LogP contribution in [0.4, 0.5) is 0 Å². The van der Waals surface area contributed by atoms with Crippen LogP contribution in [-0.4, -0.2) is 48.0 Å². The van der Waals surface area contributed by atoms with Gasteiger partial charge in [-0.05, 0) is 66.0 Å². The van der Waals surface area contributed by atoms with E-state index in [0.717, 1.165) is 0 Å². The molecule has 0 radical (unpaired) electrons. The highest BCUT2D eigenvalue weighted by Gasteiger charge is 2.25. The number of esters is 1. The number of methoxy groups -OCH3 is 3. The largest absolute Gasteiger partial charge is 0.504 e. The number of carbonyl (C=O) groups excluding carboxylic acids is 1. The number of halogens is 1. The van der Waals surface area contributed by atoms with Gasteiger partial charge in [0.2, 0.25) is 0 Å². The zero-order valence-electron chi connectivity index (χ0n) is 23.4. The number of carbonyl (C=O) groups is 1. The Morgan fingerprint density at radius 3 is 2.28 bits per heavy atom. The first-order valence-electron chi connectivity index (χ1n) is 13.0. The molecule has 3 heterocycles. The number of fused-ring (bicyclic) bond motifs is 7. The summed E-state index contributed by atoms with van der Waals surface area (Å²) >= 11 is 5.61. The Morgan fingerprint density at radius 1 is 0.884 bits per heavy atom. The zero-order chi connectivity index (χ0) is 30.6. The topological polar surface area (TPSA) is 141 Å². The molecule has 3 aromatic heterocycles. The highest BCUT2D eigenvalue weighted by atomic mass is 35.5. The standard InChI is InChI=1S/C31H25ClN2O9/c1-14(33-32)30(37)43-25-9-15-7-8-34-28(17(15)11-24(25)41-4)26(16-5-6-19(35)22(10-16)39-2)27-18-12-23(40-3)20(36)13-21(18)42-31(38)29(27)34/h5-14,33,35-36H,1-4H3/t14-/m0/s1. The van der Waals surface area contributed by atoms with Crippen LogP contribution in [0.15, 0.2) is 63.9 Å². The molecule has 0 unspecified atom stereocenters. The van der Waals surface area contributed by atoms with Crippen LogP contribution in [0.25, 0.3) is 49.3 Å². The summed E-state index contributed by atoms with van der Waals surface area (Å²) in [5.74, 6) is -0.0117. The van der Waals surface area contributed by atoms with Gasteiger partial charge in [0.05, 0.1) is 26.8 Å². The van der Waals surface area contributed by atoms with Gasteiger partial charge in [0, 0.05) is 34.0 Å². The minimum absolute atomic E-state index is 0.0614. The second-order valence-electron chi connectivity index (χ2n) is 9.77. The van der Waals surface area contributed by atoms with Crippen molar-refractivity contribution in [2.75, 3.05) is 21.3 Å². The van der Waals surface area contributed by atoms with Crippen LogP contribution < -0.4 is 29.4 Å². The second-order valence-corrected chi connectivity index (χ2v) is 9.99. The Balaban J connectivity index is 1.80. The van der Waals surface area contributed by atoms with Gasteiger partial charge in [0.25, 0.3) is 0 Å². The van der Waals surface area contributed by atoms with Gasteiger partial charge in [-0.3, -0.25) is 0 Å². The Bertz CT molecular complexity index is 2150. The van der Waals surface area contributed by atoms with Gasteiger partial charge in [0.15, 0.2) is 34.5 Å². The Kier molecular flexibility index (Phi) is 6.91. The van der Waals surface area contributed by atoms with Gasteiger partial charge >= 0.3 is 11.6 Å². The quantitative estimate of drug-likeness (QED) is 0.0926. The minimum Gasteiger partial charge on any atom is -0.504 e. The van der Waals surface area contributed by atoms with Crippen molar-refractivity contribution in [2.24, 2.45) is 0 Å². The Labute approximate surface area is 248 Å². The van der Waals surface area contributed by atoms with E-state index in [0.29, 0.717) is 38.2 Å². The number of aromatic hydroxyl groups is 2. The summed E-state index contributed by atoms with van der Waals surface area (Å²) in [7, 11) is 4.31. The molecular formula is C31H25ClN2O9. The fourth-order valence-electron chi connectivity index (χ4n) is 5.27. The first-order chi connectivity index (χ1) is 20.7. The van der Waals surface area contributed by atoms with Gasteiger partial charge in [0.1, 0.15) is 17.1 Å². The summed E-state index contributed by atoms with van der Waals surface area (Å²) in [6.45, 7) is 1.56. The second kappa shape index (κ2) is 10.6. The number of nitrogens with one attached hydrogen (secondary N) is 1. The average molecular weight is 605 g/mol. The lowest BCUT2D eigenvalue weighted by Gasteiger charge is -2.14. The number of pyridine rings is 1. The van der Waals surface area contributed by atoms with E-state index < -0.39 is 17.6 Å². The molecule has 6 aromatic rings. The smallest absolute Gasteiger partial charge is 0.361 e. The summed E-state index contributed by atoms with van der Waals surface area (Å²) in [5.41, 5.74) is 1.56. The van der Waals surface area contributed by atoms with Gasteiger partial charge < -0.3 is 38.0 Å². The monoisotopic (exact) mass is 604 g/mol. The summed E-state index contributed by atoms with van der Waals surface area (Å²) in [6.07, 6.45) is 1.71. The first kappa shape index (κ1) is 28.0. The molecule has 1 atom stereocenters. The molecule has 3 aromatic carbocycles. The summed E-state index contributed by atoms with van der Waals surface area (Å²) in [5, 5.41) is 23.1. The zero-order valence-corrected chi connectivity index (χ0v) is 24.1. The predicted octanol–water partition coefficient (Wildman–Crippen LogP) is 5.49. The van der Waals surface area contributed by atoms with Crippen LogP contribution in [0.1, 0.15) is 6.92 Å². The van der Waals surface area contributed by atoms with Crippen LogP contribution in [0.5, 0.6) is 34.5 Å². The van der Waals surface area contributed by atoms with E-state index in [4.69, 9.17) is 35.1 Å². The first-order valence-corrected chi connectivity index (χ1v) is 13.4.